The predicted molar refractivity (Wildman–Crippen MR) is 115 cm³/mol. The minimum absolute atomic E-state index is 0.116. The van der Waals surface area contributed by atoms with Gasteiger partial charge in [-0.1, -0.05) is 30.3 Å². The fourth-order valence-electron chi connectivity index (χ4n) is 2.68. The first kappa shape index (κ1) is 21.3. The van der Waals surface area contributed by atoms with Crippen LogP contribution in [0.5, 0.6) is 0 Å². The molecule has 3 aromatic carbocycles. The zero-order valence-electron chi connectivity index (χ0n) is 16.3. The number of carbonyl (C=O) groups is 4. The number of primary amides is 1. The number of para-hydroxylation sites is 1. The Hall–Kier alpha value is -4.46. The summed E-state index contributed by atoms with van der Waals surface area (Å²) in [5.41, 5.74) is 6.71. The number of ether oxygens (including phenoxy) is 1. The van der Waals surface area contributed by atoms with Gasteiger partial charge in [0.2, 0.25) is 5.91 Å². The lowest BCUT2D eigenvalue weighted by atomic mass is 10.1. The van der Waals surface area contributed by atoms with Crippen LogP contribution in [0.1, 0.15) is 31.1 Å². The lowest BCUT2D eigenvalue weighted by Crippen LogP contribution is -2.22. The van der Waals surface area contributed by atoms with Crippen molar-refractivity contribution in [3.8, 4) is 0 Å². The minimum Gasteiger partial charge on any atom is -0.452 e. The molecule has 8 nitrogen and oxygen atoms in total. The van der Waals surface area contributed by atoms with Crippen LogP contribution in [0, 0.1) is 0 Å². The number of amides is 3. The van der Waals surface area contributed by atoms with Gasteiger partial charge in [-0.3, -0.25) is 14.4 Å². The van der Waals surface area contributed by atoms with Crippen LogP contribution in [0.15, 0.2) is 78.9 Å². The molecule has 3 aromatic rings. The Kier molecular flexibility index (Phi) is 6.74. The Morgan fingerprint density at radius 2 is 1.39 bits per heavy atom. The molecule has 0 unspecified atom stereocenters. The summed E-state index contributed by atoms with van der Waals surface area (Å²) in [5, 5.41) is 5.22. The summed E-state index contributed by atoms with van der Waals surface area (Å²) in [6.45, 7) is -0.530. The second-order valence-electron chi connectivity index (χ2n) is 6.43. The second-order valence-corrected chi connectivity index (χ2v) is 6.43. The Balaban J connectivity index is 1.59. The standard InChI is InChI=1S/C23H19N3O5/c24-21(28)15-10-12-17(13-11-15)25-20(27)14-31-23(30)18-8-4-5-9-19(18)26-22(29)16-6-2-1-3-7-16/h1-13H,14H2,(H2,24,28)(H,25,27)(H,26,29). The van der Waals surface area contributed by atoms with Crippen molar-refractivity contribution in [1.29, 1.82) is 0 Å². The van der Waals surface area contributed by atoms with E-state index in [-0.39, 0.29) is 17.2 Å². The monoisotopic (exact) mass is 417 g/mol. The van der Waals surface area contributed by atoms with E-state index in [0.29, 0.717) is 16.8 Å². The molecule has 156 valence electrons. The number of nitrogens with one attached hydrogen (secondary N) is 2. The predicted octanol–water partition coefficient (Wildman–Crippen LogP) is 2.83. The number of esters is 1. The van der Waals surface area contributed by atoms with E-state index in [1.165, 1.54) is 30.3 Å². The second kappa shape index (κ2) is 9.84. The number of benzene rings is 3. The van der Waals surface area contributed by atoms with Crippen molar-refractivity contribution >= 4 is 35.1 Å². The molecule has 0 aliphatic heterocycles. The van der Waals surface area contributed by atoms with Gasteiger partial charge in [-0.2, -0.15) is 0 Å². The summed E-state index contributed by atoms with van der Waals surface area (Å²) >= 11 is 0. The summed E-state index contributed by atoms with van der Waals surface area (Å²) in [6.07, 6.45) is 0. The molecule has 0 atom stereocenters. The molecule has 31 heavy (non-hydrogen) atoms. The summed E-state index contributed by atoms with van der Waals surface area (Å²) in [6, 6.07) is 20.8. The Labute approximate surface area is 178 Å². The van der Waals surface area contributed by atoms with Crippen LogP contribution in [0.3, 0.4) is 0 Å². The lowest BCUT2D eigenvalue weighted by Gasteiger charge is -2.11. The summed E-state index contributed by atoms with van der Waals surface area (Å²) in [4.78, 5) is 48.0. The SMILES string of the molecule is NC(=O)c1ccc(NC(=O)COC(=O)c2ccccc2NC(=O)c2ccccc2)cc1. The van der Waals surface area contributed by atoms with Gasteiger partial charge in [-0.25, -0.2) is 4.79 Å². The van der Waals surface area contributed by atoms with Gasteiger partial charge in [0.05, 0.1) is 11.3 Å². The van der Waals surface area contributed by atoms with E-state index in [1.807, 2.05) is 0 Å². The Bertz CT molecular complexity index is 1110. The smallest absolute Gasteiger partial charge is 0.340 e. The van der Waals surface area contributed by atoms with Gasteiger partial charge >= 0.3 is 5.97 Å². The third-order valence-electron chi connectivity index (χ3n) is 4.22. The molecule has 0 aliphatic rings. The fraction of sp³-hybridized carbons (Fsp3) is 0.0435. The highest BCUT2D eigenvalue weighted by Crippen LogP contribution is 2.18. The van der Waals surface area contributed by atoms with Crippen LogP contribution in [0.2, 0.25) is 0 Å². The quantitative estimate of drug-likeness (QED) is 0.509. The van der Waals surface area contributed by atoms with Crippen LogP contribution in [-0.4, -0.2) is 30.3 Å². The van der Waals surface area contributed by atoms with Gasteiger partial charge in [-0.15, -0.1) is 0 Å². The first-order valence-electron chi connectivity index (χ1n) is 9.26. The number of rotatable bonds is 7. The number of nitrogens with two attached hydrogens (primary N) is 1. The molecule has 0 fully saturated rings. The van der Waals surface area contributed by atoms with Crippen LogP contribution in [-0.2, 0) is 9.53 Å². The first-order chi connectivity index (χ1) is 14.9. The highest BCUT2D eigenvalue weighted by Gasteiger charge is 2.16. The van der Waals surface area contributed by atoms with Crippen molar-refractivity contribution in [3.63, 3.8) is 0 Å². The van der Waals surface area contributed by atoms with Crippen molar-refractivity contribution in [1.82, 2.24) is 0 Å². The molecule has 0 saturated carbocycles. The maximum atomic E-state index is 12.5. The fourth-order valence-corrected chi connectivity index (χ4v) is 2.68. The van der Waals surface area contributed by atoms with Gasteiger partial charge in [0.1, 0.15) is 0 Å². The molecule has 3 rings (SSSR count). The van der Waals surface area contributed by atoms with Crippen LogP contribution in [0.4, 0.5) is 11.4 Å². The molecule has 0 spiro atoms. The van der Waals surface area contributed by atoms with Gasteiger partial charge in [-0.05, 0) is 48.5 Å². The Morgan fingerprint density at radius 1 is 0.742 bits per heavy atom. The zero-order chi connectivity index (χ0) is 22.2. The molecule has 0 aliphatic carbocycles. The number of hydrogen-bond donors (Lipinski definition) is 3. The largest absolute Gasteiger partial charge is 0.452 e. The van der Waals surface area contributed by atoms with E-state index in [9.17, 15) is 19.2 Å². The molecule has 4 N–H and O–H groups in total. The zero-order valence-corrected chi connectivity index (χ0v) is 16.3. The number of hydrogen-bond acceptors (Lipinski definition) is 5. The van der Waals surface area contributed by atoms with Gasteiger partial charge in [0, 0.05) is 16.8 Å². The molecule has 0 saturated heterocycles. The van der Waals surface area contributed by atoms with Crippen molar-refractivity contribution in [3.05, 3.63) is 95.6 Å². The number of carbonyl (C=O) groups excluding carboxylic acids is 4. The van der Waals surface area contributed by atoms with Crippen molar-refractivity contribution in [2.75, 3.05) is 17.2 Å². The van der Waals surface area contributed by atoms with Crippen molar-refractivity contribution in [2.24, 2.45) is 5.73 Å². The van der Waals surface area contributed by atoms with E-state index in [1.54, 1.807) is 48.5 Å². The third kappa shape index (κ3) is 5.77. The van der Waals surface area contributed by atoms with Crippen LogP contribution < -0.4 is 16.4 Å². The first-order valence-corrected chi connectivity index (χ1v) is 9.26. The molecule has 0 aromatic heterocycles. The molecular formula is C23H19N3O5. The van der Waals surface area contributed by atoms with E-state index in [2.05, 4.69) is 10.6 Å². The van der Waals surface area contributed by atoms with Gasteiger partial charge in [0.15, 0.2) is 6.61 Å². The summed E-state index contributed by atoms with van der Waals surface area (Å²) in [5.74, 6) is -2.28. The van der Waals surface area contributed by atoms with E-state index in [0.717, 1.165) is 0 Å². The maximum absolute atomic E-state index is 12.5. The topological polar surface area (TPSA) is 128 Å². The highest BCUT2D eigenvalue weighted by atomic mass is 16.5. The van der Waals surface area contributed by atoms with E-state index < -0.39 is 24.4 Å². The molecule has 0 bridgehead atoms. The Morgan fingerprint density at radius 3 is 2.06 bits per heavy atom. The van der Waals surface area contributed by atoms with Crippen molar-refractivity contribution in [2.45, 2.75) is 0 Å². The average molecular weight is 417 g/mol. The van der Waals surface area contributed by atoms with Crippen LogP contribution >= 0.6 is 0 Å². The summed E-state index contributed by atoms with van der Waals surface area (Å²) in [7, 11) is 0. The molecule has 0 heterocycles. The normalized spacial score (nSPS) is 10.1. The molecule has 0 radical (unpaired) electrons. The summed E-state index contributed by atoms with van der Waals surface area (Å²) < 4.78 is 5.08. The average Bonchev–Trinajstić information content (AvgIpc) is 2.78. The van der Waals surface area contributed by atoms with Crippen molar-refractivity contribution < 1.29 is 23.9 Å². The minimum atomic E-state index is -0.761. The maximum Gasteiger partial charge on any atom is 0.340 e. The molecule has 8 heteroatoms. The van der Waals surface area contributed by atoms with Crippen LogP contribution in [0.25, 0.3) is 0 Å². The van der Waals surface area contributed by atoms with Gasteiger partial charge in [0.25, 0.3) is 11.8 Å². The number of anilines is 2. The van der Waals surface area contributed by atoms with Gasteiger partial charge < -0.3 is 21.1 Å². The lowest BCUT2D eigenvalue weighted by molar-refractivity contribution is -0.119. The highest BCUT2D eigenvalue weighted by molar-refractivity contribution is 6.08. The van der Waals surface area contributed by atoms with E-state index in [4.69, 9.17) is 10.5 Å². The van der Waals surface area contributed by atoms with E-state index >= 15 is 0 Å². The third-order valence-corrected chi connectivity index (χ3v) is 4.22. The molecule has 3 amide bonds. The molecular weight excluding hydrogens is 398 g/mol.